The van der Waals surface area contributed by atoms with E-state index in [-0.39, 0.29) is 36.6 Å². The Kier molecular flexibility index (Phi) is 9.08. The zero-order valence-corrected chi connectivity index (χ0v) is 17.4. The molecule has 0 spiro atoms. The van der Waals surface area contributed by atoms with Gasteiger partial charge in [-0.15, -0.1) is 38.0 Å². The molecular weight excluding hydrogens is 412 g/mol. The van der Waals surface area contributed by atoms with Gasteiger partial charge in [0, 0.05) is 26.2 Å². The zero-order valence-electron chi connectivity index (χ0n) is 15.8. The molecule has 3 nitrogen and oxygen atoms in total. The maximum Gasteiger partial charge on any atom is 0.573 e. The summed E-state index contributed by atoms with van der Waals surface area (Å²) in [6, 6.07) is 12.6. The molecule has 1 atom stereocenters. The molecule has 8 heteroatoms. The van der Waals surface area contributed by atoms with Gasteiger partial charge in [0.15, 0.2) is 0 Å². The minimum atomic E-state index is -4.67. The number of aryl methyl sites for hydroxylation is 2. The van der Waals surface area contributed by atoms with Crippen LogP contribution in [0.4, 0.5) is 13.2 Å². The first-order chi connectivity index (χ1) is 12.3. The van der Waals surface area contributed by atoms with Crippen LogP contribution in [0.1, 0.15) is 28.3 Å². The zero-order chi connectivity index (χ0) is 18.7. The topological polar surface area (TPSA) is 24.5 Å². The number of halogens is 5. The minimum Gasteiger partial charge on any atom is -0.406 e. The Morgan fingerprint density at radius 1 is 0.964 bits per heavy atom. The van der Waals surface area contributed by atoms with E-state index in [0.29, 0.717) is 0 Å². The highest BCUT2D eigenvalue weighted by Gasteiger charge is 2.31. The highest BCUT2D eigenvalue weighted by molar-refractivity contribution is 5.85. The smallest absolute Gasteiger partial charge is 0.406 e. The standard InChI is InChI=1S/C20H23F3N2O.2ClH/c1-14-3-4-15(2)18(13-14)19(25-11-9-24-10-12-25)16-5-7-17(8-6-16)26-20(21,22)23;;/h3-8,13,19,24H,9-12H2,1-2H3;2*1H/t19-;;/m0../s1. The molecule has 0 aliphatic carbocycles. The fraction of sp³-hybridized carbons (Fsp3) is 0.400. The van der Waals surface area contributed by atoms with Crippen LogP contribution < -0.4 is 10.1 Å². The molecule has 156 valence electrons. The van der Waals surface area contributed by atoms with Crippen LogP contribution in [0.25, 0.3) is 0 Å². The molecule has 0 radical (unpaired) electrons. The van der Waals surface area contributed by atoms with Crippen LogP contribution in [0.2, 0.25) is 0 Å². The van der Waals surface area contributed by atoms with E-state index in [4.69, 9.17) is 0 Å². The second kappa shape index (κ2) is 10.3. The first kappa shape index (κ1) is 24.6. The van der Waals surface area contributed by atoms with E-state index in [0.717, 1.165) is 31.7 Å². The second-order valence-corrected chi connectivity index (χ2v) is 6.67. The van der Waals surface area contributed by atoms with Gasteiger partial charge in [-0.2, -0.15) is 0 Å². The molecule has 1 saturated heterocycles. The summed E-state index contributed by atoms with van der Waals surface area (Å²) < 4.78 is 41.3. The first-order valence-electron chi connectivity index (χ1n) is 8.71. The number of alkyl halides is 3. The largest absolute Gasteiger partial charge is 0.573 e. The number of ether oxygens (including phenoxy) is 1. The summed E-state index contributed by atoms with van der Waals surface area (Å²) in [6.45, 7) is 7.70. The Balaban J connectivity index is 0.00000196. The van der Waals surface area contributed by atoms with E-state index in [2.05, 4.69) is 47.0 Å². The van der Waals surface area contributed by atoms with Crippen LogP contribution in [0.15, 0.2) is 42.5 Å². The summed E-state index contributed by atoms with van der Waals surface area (Å²) in [6.07, 6.45) is -4.67. The van der Waals surface area contributed by atoms with Crippen LogP contribution in [0.5, 0.6) is 5.75 Å². The van der Waals surface area contributed by atoms with E-state index < -0.39 is 6.36 Å². The SMILES string of the molecule is Cc1ccc(C)c([C@H](c2ccc(OC(F)(F)F)cc2)N2CCNCC2)c1.Cl.Cl. The lowest BCUT2D eigenvalue weighted by Crippen LogP contribution is -2.45. The quantitative estimate of drug-likeness (QED) is 0.726. The van der Waals surface area contributed by atoms with Crippen molar-refractivity contribution < 1.29 is 17.9 Å². The van der Waals surface area contributed by atoms with Crippen molar-refractivity contribution in [1.82, 2.24) is 10.2 Å². The first-order valence-corrected chi connectivity index (χ1v) is 8.71. The van der Waals surface area contributed by atoms with Crippen molar-refractivity contribution >= 4 is 24.8 Å². The van der Waals surface area contributed by atoms with Gasteiger partial charge in [-0.25, -0.2) is 0 Å². The molecule has 0 bridgehead atoms. The van der Waals surface area contributed by atoms with E-state index in [1.54, 1.807) is 12.1 Å². The Morgan fingerprint density at radius 2 is 1.57 bits per heavy atom. The Bertz CT molecular complexity index is 748. The number of nitrogens with zero attached hydrogens (tertiary/aromatic N) is 1. The summed E-state index contributed by atoms with van der Waals surface area (Å²) in [5.41, 5.74) is 4.50. The number of rotatable bonds is 4. The summed E-state index contributed by atoms with van der Waals surface area (Å²) in [5, 5.41) is 3.35. The van der Waals surface area contributed by atoms with Gasteiger partial charge in [0.05, 0.1) is 6.04 Å². The van der Waals surface area contributed by atoms with E-state index in [9.17, 15) is 13.2 Å². The Labute approximate surface area is 176 Å². The molecule has 2 aromatic carbocycles. The number of piperazine rings is 1. The number of hydrogen-bond donors (Lipinski definition) is 1. The molecule has 3 rings (SSSR count). The average Bonchev–Trinajstić information content (AvgIpc) is 2.59. The van der Waals surface area contributed by atoms with Crippen LogP contribution in [-0.2, 0) is 0 Å². The fourth-order valence-electron chi connectivity index (χ4n) is 3.43. The molecule has 0 unspecified atom stereocenters. The summed E-state index contributed by atoms with van der Waals surface area (Å²) in [4.78, 5) is 2.37. The van der Waals surface area contributed by atoms with Crippen LogP contribution in [0, 0.1) is 13.8 Å². The highest BCUT2D eigenvalue weighted by Crippen LogP contribution is 2.33. The van der Waals surface area contributed by atoms with Crippen molar-refractivity contribution in [2.45, 2.75) is 26.3 Å². The molecule has 1 N–H and O–H groups in total. The van der Waals surface area contributed by atoms with Gasteiger partial charge in [-0.3, -0.25) is 4.90 Å². The predicted octanol–water partition coefficient (Wildman–Crippen LogP) is 5.04. The third-order valence-electron chi connectivity index (χ3n) is 4.68. The molecule has 1 aliphatic rings. The molecule has 1 fully saturated rings. The van der Waals surface area contributed by atoms with Gasteiger partial charge in [0.25, 0.3) is 0 Å². The molecule has 1 heterocycles. The lowest BCUT2D eigenvalue weighted by molar-refractivity contribution is -0.274. The molecule has 0 amide bonds. The monoisotopic (exact) mass is 436 g/mol. The molecule has 0 aromatic heterocycles. The third-order valence-corrected chi connectivity index (χ3v) is 4.68. The predicted molar refractivity (Wildman–Crippen MR) is 110 cm³/mol. The van der Waals surface area contributed by atoms with E-state index in [1.165, 1.54) is 28.8 Å². The molecule has 1 aliphatic heterocycles. The Hall–Kier alpha value is -1.47. The van der Waals surface area contributed by atoms with E-state index in [1.807, 2.05) is 0 Å². The van der Waals surface area contributed by atoms with Gasteiger partial charge < -0.3 is 10.1 Å². The lowest BCUT2D eigenvalue weighted by Gasteiger charge is -2.36. The normalized spacial score (nSPS) is 15.9. The van der Waals surface area contributed by atoms with Crippen LogP contribution in [0.3, 0.4) is 0 Å². The molecule has 28 heavy (non-hydrogen) atoms. The second-order valence-electron chi connectivity index (χ2n) is 6.67. The van der Waals surface area contributed by atoms with Crippen LogP contribution in [-0.4, -0.2) is 37.4 Å². The maximum absolute atomic E-state index is 12.4. The summed E-state index contributed by atoms with van der Waals surface area (Å²) >= 11 is 0. The summed E-state index contributed by atoms with van der Waals surface area (Å²) in [7, 11) is 0. The number of nitrogens with one attached hydrogen (secondary N) is 1. The fourth-order valence-corrected chi connectivity index (χ4v) is 3.43. The van der Waals surface area contributed by atoms with Gasteiger partial charge in [-0.1, -0.05) is 35.9 Å². The molecular formula is C20H25Cl2F3N2O. The van der Waals surface area contributed by atoms with Crippen molar-refractivity contribution in [3.05, 3.63) is 64.7 Å². The highest BCUT2D eigenvalue weighted by atomic mass is 35.5. The van der Waals surface area contributed by atoms with Gasteiger partial charge in [0.2, 0.25) is 0 Å². The number of benzene rings is 2. The summed E-state index contributed by atoms with van der Waals surface area (Å²) in [5.74, 6) is -0.193. The van der Waals surface area contributed by atoms with Crippen LogP contribution >= 0.6 is 24.8 Å². The maximum atomic E-state index is 12.4. The van der Waals surface area contributed by atoms with Crippen molar-refractivity contribution in [3.8, 4) is 5.75 Å². The Morgan fingerprint density at radius 3 is 2.14 bits per heavy atom. The van der Waals surface area contributed by atoms with Gasteiger partial charge in [-0.05, 0) is 42.7 Å². The molecule has 0 saturated carbocycles. The van der Waals surface area contributed by atoms with E-state index >= 15 is 0 Å². The number of hydrogen-bond acceptors (Lipinski definition) is 3. The lowest BCUT2D eigenvalue weighted by atomic mass is 9.92. The van der Waals surface area contributed by atoms with Crippen molar-refractivity contribution in [2.75, 3.05) is 26.2 Å². The molecule has 2 aromatic rings. The average molecular weight is 437 g/mol. The minimum absolute atomic E-state index is 0. The van der Waals surface area contributed by atoms with Crippen molar-refractivity contribution in [2.24, 2.45) is 0 Å². The van der Waals surface area contributed by atoms with Crippen molar-refractivity contribution in [3.63, 3.8) is 0 Å². The van der Waals surface area contributed by atoms with Gasteiger partial charge >= 0.3 is 6.36 Å². The van der Waals surface area contributed by atoms with Gasteiger partial charge in [0.1, 0.15) is 5.75 Å². The third kappa shape index (κ3) is 6.27. The van der Waals surface area contributed by atoms with Crippen molar-refractivity contribution in [1.29, 1.82) is 0 Å².